The minimum atomic E-state index is 0.719. The van der Waals surface area contributed by atoms with Crippen molar-refractivity contribution in [1.29, 1.82) is 0 Å². The number of rotatable bonds is 7. The van der Waals surface area contributed by atoms with Crippen molar-refractivity contribution in [3.63, 3.8) is 0 Å². The molecule has 0 spiro atoms. The van der Waals surface area contributed by atoms with Gasteiger partial charge in [-0.05, 0) is 50.0 Å². The van der Waals surface area contributed by atoms with Crippen LogP contribution in [0, 0.1) is 0 Å². The largest absolute Gasteiger partial charge is 0.493 e. The predicted octanol–water partition coefficient (Wildman–Crippen LogP) is 4.80. The van der Waals surface area contributed by atoms with Crippen molar-refractivity contribution in [2.75, 3.05) is 20.7 Å². The minimum absolute atomic E-state index is 0.719. The Morgan fingerprint density at radius 2 is 1.96 bits per heavy atom. The molecule has 1 heterocycles. The number of benzene rings is 1. The zero-order valence-corrected chi connectivity index (χ0v) is 15.3. The highest BCUT2D eigenvalue weighted by Gasteiger charge is 2.15. The number of thiophene rings is 1. The lowest BCUT2D eigenvalue weighted by molar-refractivity contribution is 0.112. The highest BCUT2D eigenvalue weighted by atomic mass is 32.1. The van der Waals surface area contributed by atoms with Gasteiger partial charge in [-0.3, -0.25) is 4.79 Å². The summed E-state index contributed by atoms with van der Waals surface area (Å²) in [6.45, 7) is 4.99. The zero-order chi connectivity index (χ0) is 17.1. The Labute approximate surface area is 143 Å². The maximum absolute atomic E-state index is 11.2. The molecule has 0 fully saturated rings. The molecule has 0 saturated heterocycles. The summed E-state index contributed by atoms with van der Waals surface area (Å²) in [5.41, 5.74) is 3.30. The van der Waals surface area contributed by atoms with E-state index < -0.39 is 0 Å². The monoisotopic (exact) mass is 333 g/mol. The number of nitrogens with one attached hydrogen (secondary N) is 1. The third-order valence-electron chi connectivity index (χ3n) is 3.32. The number of aldehydes is 1. The second kappa shape index (κ2) is 11.0. The Morgan fingerprint density at radius 3 is 2.57 bits per heavy atom. The van der Waals surface area contributed by atoms with Crippen LogP contribution in [0.2, 0.25) is 0 Å². The Bertz CT molecular complexity index is 593. The summed E-state index contributed by atoms with van der Waals surface area (Å²) in [7, 11) is 3.75. The number of carbonyl (C=O) groups excluding carboxylic acids is 1. The third-order valence-corrected chi connectivity index (χ3v) is 4.16. The van der Waals surface area contributed by atoms with Crippen LogP contribution < -0.4 is 10.1 Å². The number of aryl methyl sites for hydroxylation is 1. The van der Waals surface area contributed by atoms with Gasteiger partial charge in [-0.15, -0.1) is 11.3 Å². The average Bonchev–Trinajstić information content (AvgIpc) is 3.03. The molecule has 0 aliphatic rings. The highest BCUT2D eigenvalue weighted by Crippen LogP contribution is 2.37. The van der Waals surface area contributed by atoms with Gasteiger partial charge in [0.1, 0.15) is 5.75 Å². The van der Waals surface area contributed by atoms with Crippen molar-refractivity contribution >= 4 is 17.6 Å². The molecule has 0 saturated carbocycles. The van der Waals surface area contributed by atoms with Gasteiger partial charge in [-0.1, -0.05) is 32.4 Å². The van der Waals surface area contributed by atoms with E-state index in [0.29, 0.717) is 0 Å². The van der Waals surface area contributed by atoms with Crippen LogP contribution in [0.3, 0.4) is 0 Å². The summed E-state index contributed by atoms with van der Waals surface area (Å²) >= 11 is 1.48. The first kappa shape index (κ1) is 19.4. The lowest BCUT2D eigenvalue weighted by Gasteiger charge is -2.14. The van der Waals surface area contributed by atoms with Gasteiger partial charge in [0.25, 0.3) is 0 Å². The molecule has 23 heavy (non-hydrogen) atoms. The highest BCUT2D eigenvalue weighted by molar-refractivity contribution is 7.12. The van der Waals surface area contributed by atoms with E-state index in [1.54, 1.807) is 0 Å². The molecule has 1 aromatic carbocycles. The SMILES string of the molecule is CCCCOc1cccc(CC)c1-c1ccsc1C=O.CNC. The molecule has 2 rings (SSSR count). The van der Waals surface area contributed by atoms with E-state index in [1.807, 2.05) is 37.7 Å². The normalized spacial score (nSPS) is 9.91. The van der Waals surface area contributed by atoms with Crippen molar-refractivity contribution in [3.8, 4) is 16.9 Å². The number of ether oxygens (including phenoxy) is 1. The predicted molar refractivity (Wildman–Crippen MR) is 99.9 cm³/mol. The topological polar surface area (TPSA) is 38.3 Å². The maximum atomic E-state index is 11.2. The van der Waals surface area contributed by atoms with Crippen LogP contribution in [-0.2, 0) is 6.42 Å². The van der Waals surface area contributed by atoms with E-state index >= 15 is 0 Å². The van der Waals surface area contributed by atoms with E-state index in [2.05, 4.69) is 25.2 Å². The molecule has 0 unspecified atom stereocenters. The minimum Gasteiger partial charge on any atom is -0.493 e. The molecular weight excluding hydrogens is 306 g/mol. The number of hydrogen-bond donors (Lipinski definition) is 1. The lowest BCUT2D eigenvalue weighted by Crippen LogP contribution is -2.00. The molecule has 0 amide bonds. The van der Waals surface area contributed by atoms with E-state index in [-0.39, 0.29) is 0 Å². The van der Waals surface area contributed by atoms with Crippen molar-refractivity contribution < 1.29 is 9.53 Å². The third kappa shape index (κ3) is 5.48. The summed E-state index contributed by atoms with van der Waals surface area (Å²) in [6, 6.07) is 8.14. The lowest BCUT2D eigenvalue weighted by atomic mass is 9.97. The van der Waals surface area contributed by atoms with E-state index in [1.165, 1.54) is 16.9 Å². The zero-order valence-electron chi connectivity index (χ0n) is 14.5. The summed E-state index contributed by atoms with van der Waals surface area (Å²) in [6.07, 6.45) is 4.01. The molecule has 0 bridgehead atoms. The Morgan fingerprint density at radius 1 is 1.22 bits per heavy atom. The molecule has 4 heteroatoms. The number of unbranched alkanes of at least 4 members (excludes halogenated alkanes) is 1. The average molecular weight is 333 g/mol. The van der Waals surface area contributed by atoms with Crippen LogP contribution in [0.5, 0.6) is 5.75 Å². The van der Waals surface area contributed by atoms with E-state index in [9.17, 15) is 4.79 Å². The van der Waals surface area contributed by atoms with Gasteiger partial charge in [-0.2, -0.15) is 0 Å². The van der Waals surface area contributed by atoms with Crippen LogP contribution in [-0.4, -0.2) is 27.0 Å². The molecular formula is C19H27NO2S. The van der Waals surface area contributed by atoms with Gasteiger partial charge in [0.2, 0.25) is 0 Å². The first-order valence-corrected chi connectivity index (χ1v) is 8.97. The standard InChI is InChI=1S/C17H20O2S.C2H7N/c1-3-5-10-19-15-8-6-7-13(4-2)17(15)14-9-11-20-16(14)12-18;1-3-2/h6-9,11-12H,3-5,10H2,1-2H3;3H,1-2H3. The Hall–Kier alpha value is -1.65. The van der Waals surface area contributed by atoms with Gasteiger partial charge in [0.05, 0.1) is 11.5 Å². The van der Waals surface area contributed by atoms with Gasteiger partial charge >= 0.3 is 0 Å². The van der Waals surface area contributed by atoms with Gasteiger partial charge < -0.3 is 10.1 Å². The molecule has 126 valence electrons. The fraction of sp³-hybridized carbons (Fsp3) is 0.421. The van der Waals surface area contributed by atoms with Crippen LogP contribution in [0.25, 0.3) is 11.1 Å². The molecule has 3 nitrogen and oxygen atoms in total. The van der Waals surface area contributed by atoms with Crippen molar-refractivity contribution in [1.82, 2.24) is 5.32 Å². The Balaban J connectivity index is 0.000000816. The van der Waals surface area contributed by atoms with Crippen LogP contribution in [0.1, 0.15) is 41.9 Å². The molecule has 1 N–H and O–H groups in total. The quantitative estimate of drug-likeness (QED) is 0.584. The van der Waals surface area contributed by atoms with Crippen molar-refractivity contribution in [2.45, 2.75) is 33.1 Å². The molecule has 0 aliphatic heterocycles. The van der Waals surface area contributed by atoms with Crippen molar-refractivity contribution in [2.24, 2.45) is 0 Å². The summed E-state index contributed by atoms with van der Waals surface area (Å²) in [4.78, 5) is 12.0. The molecule has 0 radical (unpaired) electrons. The summed E-state index contributed by atoms with van der Waals surface area (Å²) in [5, 5.41) is 4.71. The second-order valence-electron chi connectivity index (χ2n) is 5.16. The van der Waals surface area contributed by atoms with Gasteiger partial charge in [0, 0.05) is 11.1 Å². The van der Waals surface area contributed by atoms with Crippen molar-refractivity contribution in [3.05, 3.63) is 40.1 Å². The fourth-order valence-electron chi connectivity index (χ4n) is 2.24. The first-order valence-electron chi connectivity index (χ1n) is 8.09. The van der Waals surface area contributed by atoms with Gasteiger partial charge in [-0.25, -0.2) is 0 Å². The summed E-state index contributed by atoms with van der Waals surface area (Å²) in [5.74, 6) is 0.888. The number of hydrogen-bond acceptors (Lipinski definition) is 4. The molecule has 1 aromatic heterocycles. The number of carbonyl (C=O) groups is 1. The molecule has 0 aliphatic carbocycles. The van der Waals surface area contributed by atoms with E-state index in [4.69, 9.17) is 4.74 Å². The maximum Gasteiger partial charge on any atom is 0.160 e. The molecule has 0 atom stereocenters. The molecule has 2 aromatic rings. The smallest absolute Gasteiger partial charge is 0.160 e. The fourth-order valence-corrected chi connectivity index (χ4v) is 2.95. The van der Waals surface area contributed by atoms with Crippen LogP contribution >= 0.6 is 11.3 Å². The van der Waals surface area contributed by atoms with E-state index in [0.717, 1.165) is 53.9 Å². The van der Waals surface area contributed by atoms with Crippen LogP contribution in [0.4, 0.5) is 0 Å². The van der Waals surface area contributed by atoms with Crippen LogP contribution in [0.15, 0.2) is 29.6 Å². The first-order chi connectivity index (χ1) is 11.2. The van der Waals surface area contributed by atoms with Gasteiger partial charge in [0.15, 0.2) is 6.29 Å². The second-order valence-corrected chi connectivity index (χ2v) is 6.11. The Kier molecular flexibility index (Phi) is 9.25. The summed E-state index contributed by atoms with van der Waals surface area (Å²) < 4.78 is 5.93.